The Bertz CT molecular complexity index is 406. The maximum Gasteiger partial charge on any atom is 0.243 e. The molecule has 1 N–H and O–H groups in total. The monoisotopic (exact) mass is 270 g/mol. The molecule has 0 aromatic carbocycles. The molecule has 3 heteroatoms. The first-order valence-electron chi connectivity index (χ1n) is 3.46. The van der Waals surface area contributed by atoms with Crippen molar-refractivity contribution in [3.63, 3.8) is 0 Å². The molecular weight excluding hydrogens is 265 g/mol. The van der Waals surface area contributed by atoms with E-state index in [2.05, 4.69) is 33.3 Å². The van der Waals surface area contributed by atoms with Crippen LogP contribution in [0.1, 0.15) is 0 Å². The van der Waals surface area contributed by atoms with Crippen molar-refractivity contribution in [1.82, 2.24) is 0 Å². The van der Waals surface area contributed by atoms with E-state index in [1.165, 1.54) is 0 Å². The Hall–Kier alpha value is -0.930. The molecule has 12 heavy (non-hydrogen) atoms. The third-order valence-electron chi connectivity index (χ3n) is 1.61. The molecule has 0 amide bonds. The number of carbonyl (C=O) groups is 1. The standard InChI is InChI=1S/C9H4INO/c10-9-5-8(12)6-3-1-2-4-7(6)11-9/h1-2,4-5H/p+1. The minimum Gasteiger partial charge on any atom is -0.288 e. The van der Waals surface area contributed by atoms with Crippen LogP contribution >= 0.6 is 22.6 Å². The molecule has 0 saturated heterocycles. The van der Waals surface area contributed by atoms with Gasteiger partial charge in [0.2, 0.25) is 15.2 Å². The molecule has 0 bridgehead atoms. The third-order valence-corrected chi connectivity index (χ3v) is 2.20. The minimum absolute atomic E-state index is 0.0220. The molecule has 0 fully saturated rings. The van der Waals surface area contributed by atoms with Crippen LogP contribution in [0.25, 0.3) is 0 Å². The highest BCUT2D eigenvalue weighted by molar-refractivity contribution is 14.1. The van der Waals surface area contributed by atoms with Crippen molar-refractivity contribution in [2.45, 2.75) is 0 Å². The molecule has 1 aliphatic heterocycles. The summed E-state index contributed by atoms with van der Waals surface area (Å²) >= 11 is 2.08. The minimum atomic E-state index is 0.0220. The second kappa shape index (κ2) is 2.84. The van der Waals surface area contributed by atoms with Crippen molar-refractivity contribution in [2.24, 2.45) is 0 Å². The van der Waals surface area contributed by atoms with Crippen molar-refractivity contribution in [1.29, 1.82) is 0 Å². The van der Waals surface area contributed by atoms with Gasteiger partial charge in [-0.3, -0.25) is 4.79 Å². The van der Waals surface area contributed by atoms with Crippen molar-refractivity contribution < 1.29 is 9.79 Å². The number of nitrogens with one attached hydrogen (secondary N) is 1. The summed E-state index contributed by atoms with van der Waals surface area (Å²) in [6.45, 7) is 0. The Morgan fingerprint density at radius 2 is 2.33 bits per heavy atom. The fourth-order valence-corrected chi connectivity index (χ4v) is 1.67. The summed E-state index contributed by atoms with van der Waals surface area (Å²) in [5.41, 5.74) is 4.36. The van der Waals surface area contributed by atoms with Crippen LogP contribution in [-0.4, -0.2) is 11.5 Å². The lowest BCUT2D eigenvalue weighted by Gasteiger charge is -2.02. The van der Waals surface area contributed by atoms with Gasteiger partial charge in [-0.2, -0.15) is 4.99 Å². The van der Waals surface area contributed by atoms with E-state index in [9.17, 15) is 4.79 Å². The molecule has 0 unspecified atom stereocenters. The van der Waals surface area contributed by atoms with E-state index in [4.69, 9.17) is 0 Å². The van der Waals surface area contributed by atoms with Gasteiger partial charge in [-0.25, -0.2) is 0 Å². The third kappa shape index (κ3) is 1.21. The molecule has 0 aromatic heterocycles. The normalized spacial score (nSPS) is 19.8. The van der Waals surface area contributed by atoms with Crippen LogP contribution < -0.4 is 4.99 Å². The molecule has 2 rings (SSSR count). The summed E-state index contributed by atoms with van der Waals surface area (Å²) in [5.74, 6) is 0.0220. The van der Waals surface area contributed by atoms with Crippen molar-refractivity contribution in [3.8, 4) is 0 Å². The van der Waals surface area contributed by atoms with E-state index in [1.54, 1.807) is 12.2 Å². The fraction of sp³-hybridized carbons (Fsp3) is 0. The van der Waals surface area contributed by atoms with Gasteiger partial charge in [-0.1, -0.05) is 0 Å². The maximum atomic E-state index is 11.3. The van der Waals surface area contributed by atoms with Gasteiger partial charge in [0, 0.05) is 28.7 Å². The van der Waals surface area contributed by atoms with E-state index in [0.717, 1.165) is 9.42 Å². The van der Waals surface area contributed by atoms with Gasteiger partial charge < -0.3 is 0 Å². The van der Waals surface area contributed by atoms with E-state index in [-0.39, 0.29) is 5.78 Å². The average Bonchev–Trinajstić information content (AvgIpc) is 2.04. The van der Waals surface area contributed by atoms with Crippen molar-refractivity contribution >= 4 is 34.1 Å². The molecule has 2 nitrogen and oxygen atoms in total. The summed E-state index contributed by atoms with van der Waals surface area (Å²) in [6.07, 6.45) is 7.04. The fourth-order valence-electron chi connectivity index (χ4n) is 1.10. The van der Waals surface area contributed by atoms with Crippen LogP contribution in [0.5, 0.6) is 0 Å². The van der Waals surface area contributed by atoms with E-state index >= 15 is 0 Å². The smallest absolute Gasteiger partial charge is 0.243 e. The Kier molecular flexibility index (Phi) is 1.83. The second-order valence-electron chi connectivity index (χ2n) is 2.44. The highest BCUT2D eigenvalue weighted by atomic mass is 127. The number of allylic oxidation sites excluding steroid dienone is 4. The van der Waals surface area contributed by atoms with Crippen LogP contribution in [0.2, 0.25) is 0 Å². The van der Waals surface area contributed by atoms with E-state index in [1.807, 2.05) is 12.2 Å². The largest absolute Gasteiger partial charge is 0.288 e. The molecular formula is C9H5INO+. The molecule has 1 heterocycles. The summed E-state index contributed by atoms with van der Waals surface area (Å²) in [5, 5.41) is 0. The highest BCUT2D eigenvalue weighted by Crippen LogP contribution is 2.08. The lowest BCUT2D eigenvalue weighted by molar-refractivity contribution is -0.376. The zero-order valence-electron chi connectivity index (χ0n) is 6.10. The summed E-state index contributed by atoms with van der Waals surface area (Å²) in [6, 6.07) is 0. The highest BCUT2D eigenvalue weighted by Gasteiger charge is 2.24. The molecule has 58 valence electrons. The van der Waals surface area contributed by atoms with Crippen molar-refractivity contribution in [3.05, 3.63) is 39.3 Å². The number of fused-ring (bicyclic) bond motifs is 1. The summed E-state index contributed by atoms with van der Waals surface area (Å²) in [4.78, 5) is 14.4. The predicted molar refractivity (Wildman–Crippen MR) is 53.8 cm³/mol. The van der Waals surface area contributed by atoms with Gasteiger partial charge in [-0.05, 0) is 12.2 Å². The molecule has 1 aliphatic carbocycles. The Morgan fingerprint density at radius 3 is 3.17 bits per heavy atom. The number of hydrogen-bond donors (Lipinski definition) is 1. The Balaban J connectivity index is 2.62. The van der Waals surface area contributed by atoms with Crippen LogP contribution in [0.15, 0.2) is 39.3 Å². The molecule has 0 atom stereocenters. The summed E-state index contributed by atoms with van der Waals surface area (Å²) < 4.78 is 0.852. The lowest BCUT2D eigenvalue weighted by atomic mass is 10.0. The SMILES string of the molecule is O=C1C=C(I)[NH+]=C2C=CC=C=C12. The second-order valence-corrected chi connectivity index (χ2v) is 3.60. The molecule has 0 saturated carbocycles. The van der Waals surface area contributed by atoms with E-state index in [0.29, 0.717) is 5.57 Å². The number of halogens is 1. The van der Waals surface area contributed by atoms with E-state index < -0.39 is 0 Å². The average molecular weight is 270 g/mol. The first kappa shape index (κ1) is 7.71. The molecule has 0 aromatic rings. The predicted octanol–water partition coefficient (Wildman–Crippen LogP) is 0.0184. The number of hydrogen-bond acceptors (Lipinski definition) is 1. The van der Waals surface area contributed by atoms with Gasteiger partial charge in [0.15, 0.2) is 0 Å². The Morgan fingerprint density at radius 1 is 1.50 bits per heavy atom. The van der Waals surface area contributed by atoms with Crippen molar-refractivity contribution in [2.75, 3.05) is 0 Å². The van der Waals surface area contributed by atoms with Crippen LogP contribution in [-0.2, 0) is 4.79 Å². The lowest BCUT2D eigenvalue weighted by Crippen LogP contribution is -2.71. The van der Waals surface area contributed by atoms with Gasteiger partial charge in [0.1, 0.15) is 5.57 Å². The van der Waals surface area contributed by atoms with Crippen LogP contribution in [0.3, 0.4) is 0 Å². The number of rotatable bonds is 0. The van der Waals surface area contributed by atoms with Gasteiger partial charge in [-0.15, -0.1) is 5.73 Å². The quantitative estimate of drug-likeness (QED) is 0.375. The Labute approximate surface area is 83.2 Å². The molecule has 0 radical (unpaired) electrons. The number of ketones is 1. The topological polar surface area (TPSA) is 31.0 Å². The van der Waals surface area contributed by atoms with Crippen LogP contribution in [0, 0.1) is 0 Å². The first-order valence-corrected chi connectivity index (χ1v) is 4.54. The first-order chi connectivity index (χ1) is 5.77. The zero-order chi connectivity index (χ0) is 8.55. The van der Waals surface area contributed by atoms with Gasteiger partial charge in [0.05, 0.1) is 6.08 Å². The number of carbonyl (C=O) groups excluding carboxylic acids is 1. The maximum absolute atomic E-state index is 11.3. The van der Waals surface area contributed by atoms with Gasteiger partial charge >= 0.3 is 0 Å². The zero-order valence-corrected chi connectivity index (χ0v) is 8.25. The summed E-state index contributed by atoms with van der Waals surface area (Å²) in [7, 11) is 0. The van der Waals surface area contributed by atoms with Gasteiger partial charge in [0.25, 0.3) is 0 Å². The molecule has 0 spiro atoms. The molecule has 2 aliphatic rings. The van der Waals surface area contributed by atoms with Crippen LogP contribution in [0.4, 0.5) is 0 Å².